The zero-order chi connectivity index (χ0) is 12.5. The lowest BCUT2D eigenvalue weighted by atomic mass is 10.2. The molecule has 4 heteroatoms. The van der Waals surface area contributed by atoms with Crippen molar-refractivity contribution in [2.75, 3.05) is 5.32 Å². The molecule has 1 heterocycles. The van der Waals surface area contributed by atoms with Crippen LogP contribution in [-0.4, -0.2) is 15.6 Å². The van der Waals surface area contributed by atoms with Crippen LogP contribution in [0.5, 0.6) is 0 Å². The lowest BCUT2D eigenvalue weighted by Crippen LogP contribution is -2.09. The SMILES string of the molecule is Cc1cn(Cc2ccc(Br)cc2)c(NC2CC2)n1. The van der Waals surface area contributed by atoms with Gasteiger partial charge in [0.05, 0.1) is 12.2 Å². The molecule has 0 bridgehead atoms. The molecule has 0 amide bonds. The van der Waals surface area contributed by atoms with E-state index in [2.05, 4.69) is 61.3 Å². The number of rotatable bonds is 4. The highest BCUT2D eigenvalue weighted by molar-refractivity contribution is 9.10. The second-order valence-electron chi connectivity index (χ2n) is 4.88. The predicted molar refractivity (Wildman–Crippen MR) is 76.9 cm³/mol. The maximum atomic E-state index is 4.55. The lowest BCUT2D eigenvalue weighted by Gasteiger charge is -2.09. The summed E-state index contributed by atoms with van der Waals surface area (Å²) in [5.41, 5.74) is 2.35. The van der Waals surface area contributed by atoms with Gasteiger partial charge in [-0.25, -0.2) is 4.98 Å². The van der Waals surface area contributed by atoms with Crippen LogP contribution in [-0.2, 0) is 6.54 Å². The maximum Gasteiger partial charge on any atom is 0.203 e. The van der Waals surface area contributed by atoms with E-state index < -0.39 is 0 Å². The number of imidazole rings is 1. The number of halogens is 1. The van der Waals surface area contributed by atoms with Crippen molar-refractivity contribution >= 4 is 21.9 Å². The molecular formula is C14H16BrN3. The molecule has 1 aromatic heterocycles. The average molecular weight is 306 g/mol. The molecule has 1 aliphatic rings. The van der Waals surface area contributed by atoms with E-state index in [9.17, 15) is 0 Å². The van der Waals surface area contributed by atoms with Gasteiger partial charge < -0.3 is 9.88 Å². The molecule has 94 valence electrons. The molecule has 3 rings (SSSR count). The number of hydrogen-bond acceptors (Lipinski definition) is 2. The number of nitrogens with zero attached hydrogens (tertiary/aromatic N) is 2. The van der Waals surface area contributed by atoms with E-state index in [4.69, 9.17) is 0 Å². The summed E-state index contributed by atoms with van der Waals surface area (Å²) in [6, 6.07) is 9.07. The second-order valence-corrected chi connectivity index (χ2v) is 5.79. The number of nitrogens with one attached hydrogen (secondary N) is 1. The highest BCUT2D eigenvalue weighted by atomic mass is 79.9. The zero-order valence-corrected chi connectivity index (χ0v) is 11.9. The third-order valence-electron chi connectivity index (χ3n) is 3.07. The molecule has 0 radical (unpaired) electrons. The molecule has 0 saturated heterocycles. The summed E-state index contributed by atoms with van der Waals surface area (Å²) >= 11 is 3.46. The summed E-state index contributed by atoms with van der Waals surface area (Å²) < 4.78 is 3.31. The zero-order valence-electron chi connectivity index (χ0n) is 10.4. The van der Waals surface area contributed by atoms with Crippen molar-refractivity contribution in [1.82, 2.24) is 9.55 Å². The van der Waals surface area contributed by atoms with E-state index in [-0.39, 0.29) is 0 Å². The van der Waals surface area contributed by atoms with E-state index in [1.807, 2.05) is 6.92 Å². The van der Waals surface area contributed by atoms with Gasteiger partial charge in [-0.3, -0.25) is 0 Å². The first-order valence-electron chi connectivity index (χ1n) is 6.25. The van der Waals surface area contributed by atoms with Gasteiger partial charge in [0.1, 0.15) is 0 Å². The van der Waals surface area contributed by atoms with E-state index in [0.29, 0.717) is 6.04 Å². The minimum Gasteiger partial charge on any atom is -0.353 e. The van der Waals surface area contributed by atoms with Crippen molar-refractivity contribution in [2.24, 2.45) is 0 Å². The summed E-state index contributed by atoms with van der Waals surface area (Å²) in [5.74, 6) is 0.998. The van der Waals surface area contributed by atoms with Crippen molar-refractivity contribution in [2.45, 2.75) is 32.4 Å². The molecular weight excluding hydrogens is 290 g/mol. The highest BCUT2D eigenvalue weighted by Crippen LogP contribution is 2.24. The Hall–Kier alpha value is -1.29. The number of benzene rings is 1. The Labute approximate surface area is 115 Å². The van der Waals surface area contributed by atoms with Crippen molar-refractivity contribution < 1.29 is 0 Å². The van der Waals surface area contributed by atoms with Gasteiger partial charge in [0.15, 0.2) is 0 Å². The van der Waals surface area contributed by atoms with Crippen molar-refractivity contribution in [3.05, 3.63) is 46.2 Å². The van der Waals surface area contributed by atoms with E-state index in [1.54, 1.807) is 0 Å². The Kier molecular flexibility index (Phi) is 3.12. The van der Waals surface area contributed by atoms with Gasteiger partial charge in [-0.2, -0.15) is 0 Å². The summed E-state index contributed by atoms with van der Waals surface area (Å²) in [4.78, 5) is 4.55. The van der Waals surface area contributed by atoms with Crippen LogP contribution in [0.25, 0.3) is 0 Å². The molecule has 2 aromatic rings. The Balaban J connectivity index is 1.80. The molecule has 1 saturated carbocycles. The van der Waals surface area contributed by atoms with Crippen molar-refractivity contribution in [3.63, 3.8) is 0 Å². The van der Waals surface area contributed by atoms with Crippen LogP contribution in [0.15, 0.2) is 34.9 Å². The number of aromatic nitrogens is 2. The van der Waals surface area contributed by atoms with Gasteiger partial charge in [0.25, 0.3) is 0 Å². The van der Waals surface area contributed by atoms with Crippen LogP contribution in [0.1, 0.15) is 24.1 Å². The highest BCUT2D eigenvalue weighted by Gasteiger charge is 2.22. The van der Waals surface area contributed by atoms with E-state index >= 15 is 0 Å². The fourth-order valence-electron chi connectivity index (χ4n) is 1.98. The van der Waals surface area contributed by atoms with Gasteiger partial charge in [-0.1, -0.05) is 28.1 Å². The molecule has 0 spiro atoms. The van der Waals surface area contributed by atoms with Gasteiger partial charge in [0.2, 0.25) is 5.95 Å². The topological polar surface area (TPSA) is 29.9 Å². The summed E-state index contributed by atoms with van der Waals surface area (Å²) in [6.07, 6.45) is 4.64. The molecule has 0 atom stereocenters. The van der Waals surface area contributed by atoms with E-state index in [1.165, 1.54) is 18.4 Å². The minimum absolute atomic E-state index is 0.635. The first kappa shape index (κ1) is 11.8. The number of aryl methyl sites for hydroxylation is 1. The Bertz CT molecular complexity index is 541. The maximum absolute atomic E-state index is 4.55. The predicted octanol–water partition coefficient (Wildman–Crippen LogP) is 3.58. The van der Waals surface area contributed by atoms with Gasteiger partial charge in [-0.05, 0) is 37.5 Å². The first-order chi connectivity index (χ1) is 8.70. The largest absolute Gasteiger partial charge is 0.353 e. The normalized spacial score (nSPS) is 14.8. The van der Waals surface area contributed by atoms with Gasteiger partial charge in [0, 0.05) is 16.7 Å². The second kappa shape index (κ2) is 4.76. The average Bonchev–Trinajstić information content (AvgIpc) is 3.08. The third kappa shape index (κ3) is 2.75. The first-order valence-corrected chi connectivity index (χ1v) is 7.05. The number of hydrogen-bond donors (Lipinski definition) is 1. The summed E-state index contributed by atoms with van der Waals surface area (Å²) in [6.45, 7) is 2.90. The van der Waals surface area contributed by atoms with Crippen LogP contribution in [0.3, 0.4) is 0 Å². The molecule has 0 unspecified atom stereocenters. The molecule has 1 fully saturated rings. The standard InChI is InChI=1S/C14H16BrN3/c1-10-8-18(14(16-10)17-13-6-7-13)9-11-2-4-12(15)5-3-11/h2-5,8,13H,6-7,9H2,1H3,(H,16,17). The van der Waals surface area contributed by atoms with E-state index in [0.717, 1.165) is 22.7 Å². The molecule has 0 aliphatic heterocycles. The quantitative estimate of drug-likeness (QED) is 0.936. The number of anilines is 1. The molecule has 1 aromatic carbocycles. The Morgan fingerprint density at radius 2 is 2.06 bits per heavy atom. The van der Waals surface area contributed by atoms with Crippen LogP contribution < -0.4 is 5.32 Å². The van der Waals surface area contributed by atoms with Crippen LogP contribution in [0, 0.1) is 6.92 Å². The fourth-order valence-corrected chi connectivity index (χ4v) is 2.24. The van der Waals surface area contributed by atoms with Crippen LogP contribution in [0.2, 0.25) is 0 Å². The lowest BCUT2D eigenvalue weighted by molar-refractivity contribution is 0.796. The minimum atomic E-state index is 0.635. The molecule has 1 aliphatic carbocycles. The fraction of sp³-hybridized carbons (Fsp3) is 0.357. The smallest absolute Gasteiger partial charge is 0.203 e. The molecule has 1 N–H and O–H groups in total. The summed E-state index contributed by atoms with van der Waals surface area (Å²) in [7, 11) is 0. The third-order valence-corrected chi connectivity index (χ3v) is 3.60. The van der Waals surface area contributed by atoms with Crippen LogP contribution >= 0.6 is 15.9 Å². The summed E-state index contributed by atoms with van der Waals surface area (Å²) in [5, 5.41) is 3.48. The van der Waals surface area contributed by atoms with Crippen molar-refractivity contribution in [3.8, 4) is 0 Å². The van der Waals surface area contributed by atoms with Gasteiger partial charge in [-0.15, -0.1) is 0 Å². The molecule has 3 nitrogen and oxygen atoms in total. The Morgan fingerprint density at radius 1 is 1.33 bits per heavy atom. The molecule has 18 heavy (non-hydrogen) atoms. The van der Waals surface area contributed by atoms with Crippen LogP contribution in [0.4, 0.5) is 5.95 Å². The Morgan fingerprint density at radius 3 is 2.72 bits per heavy atom. The van der Waals surface area contributed by atoms with Crippen molar-refractivity contribution in [1.29, 1.82) is 0 Å². The van der Waals surface area contributed by atoms with Gasteiger partial charge >= 0.3 is 0 Å². The monoisotopic (exact) mass is 305 g/mol.